The maximum Gasteiger partial charge on any atom is 0.241 e. The minimum absolute atomic E-state index is 0.0693. The smallest absolute Gasteiger partial charge is 0.241 e. The number of hydrogen-bond donors (Lipinski definition) is 1. The van der Waals surface area contributed by atoms with E-state index in [0.717, 1.165) is 42.7 Å². The van der Waals surface area contributed by atoms with Crippen molar-refractivity contribution in [2.75, 3.05) is 13.2 Å². The van der Waals surface area contributed by atoms with Crippen molar-refractivity contribution in [2.45, 2.75) is 32.7 Å². The Kier molecular flexibility index (Phi) is 6.19. The van der Waals surface area contributed by atoms with Crippen LogP contribution < -0.4 is 10.1 Å². The zero-order valence-electron chi connectivity index (χ0n) is 15.0. The van der Waals surface area contributed by atoms with Crippen molar-refractivity contribution in [1.82, 2.24) is 20.3 Å². The largest absolute Gasteiger partial charge is 0.494 e. The van der Waals surface area contributed by atoms with Crippen molar-refractivity contribution in [3.8, 4) is 5.75 Å². The standard InChI is InChI=1S/C20H24N4O2/c1-2-3-14-26-17-10-8-16(9-11-17)12-13-21-20(25)15-24-19-7-5-4-6-18(19)22-23-24/h4-11H,2-3,12-15H2,1H3,(H,21,25). The Morgan fingerprint density at radius 3 is 2.77 bits per heavy atom. The van der Waals surface area contributed by atoms with Gasteiger partial charge in [0.15, 0.2) is 0 Å². The van der Waals surface area contributed by atoms with Gasteiger partial charge in [0.2, 0.25) is 5.91 Å². The highest BCUT2D eigenvalue weighted by Crippen LogP contribution is 2.13. The molecule has 0 saturated heterocycles. The van der Waals surface area contributed by atoms with Crippen molar-refractivity contribution in [3.63, 3.8) is 0 Å². The first-order chi connectivity index (χ1) is 12.8. The van der Waals surface area contributed by atoms with Gasteiger partial charge in [-0.1, -0.05) is 42.8 Å². The number of amides is 1. The number of aromatic nitrogens is 3. The third-order valence-electron chi connectivity index (χ3n) is 4.14. The van der Waals surface area contributed by atoms with Gasteiger partial charge in [0.1, 0.15) is 17.8 Å². The van der Waals surface area contributed by atoms with Crippen LogP contribution in [0.25, 0.3) is 11.0 Å². The molecule has 0 aliphatic heterocycles. The first-order valence-electron chi connectivity index (χ1n) is 9.03. The Morgan fingerprint density at radius 2 is 1.96 bits per heavy atom. The molecule has 0 radical (unpaired) electrons. The van der Waals surface area contributed by atoms with Gasteiger partial charge in [-0.25, -0.2) is 4.68 Å². The Balaban J connectivity index is 1.43. The molecule has 1 amide bonds. The molecular formula is C20H24N4O2. The van der Waals surface area contributed by atoms with E-state index in [2.05, 4.69) is 22.6 Å². The van der Waals surface area contributed by atoms with Gasteiger partial charge in [0, 0.05) is 6.54 Å². The number of rotatable bonds is 9. The molecule has 0 aliphatic carbocycles. The van der Waals surface area contributed by atoms with E-state index in [1.807, 2.05) is 48.5 Å². The average Bonchev–Trinajstić information content (AvgIpc) is 3.06. The number of benzene rings is 2. The van der Waals surface area contributed by atoms with Crippen LogP contribution >= 0.6 is 0 Å². The van der Waals surface area contributed by atoms with E-state index in [1.165, 1.54) is 5.56 Å². The number of para-hydroxylation sites is 1. The lowest BCUT2D eigenvalue weighted by atomic mass is 10.1. The van der Waals surface area contributed by atoms with E-state index in [0.29, 0.717) is 6.54 Å². The first kappa shape index (κ1) is 17.9. The minimum atomic E-state index is -0.0693. The molecule has 3 rings (SSSR count). The summed E-state index contributed by atoms with van der Waals surface area (Å²) >= 11 is 0. The monoisotopic (exact) mass is 352 g/mol. The van der Waals surface area contributed by atoms with Gasteiger partial charge in [-0.15, -0.1) is 5.10 Å². The molecular weight excluding hydrogens is 328 g/mol. The molecule has 6 nitrogen and oxygen atoms in total. The summed E-state index contributed by atoms with van der Waals surface area (Å²) in [6.45, 7) is 3.65. The molecule has 0 aliphatic rings. The van der Waals surface area contributed by atoms with Gasteiger partial charge in [0.25, 0.3) is 0 Å². The normalized spacial score (nSPS) is 10.8. The van der Waals surface area contributed by atoms with Crippen LogP contribution in [0.2, 0.25) is 0 Å². The highest BCUT2D eigenvalue weighted by atomic mass is 16.5. The van der Waals surface area contributed by atoms with Gasteiger partial charge in [-0.2, -0.15) is 0 Å². The molecule has 6 heteroatoms. The number of nitrogens with one attached hydrogen (secondary N) is 1. The topological polar surface area (TPSA) is 69.0 Å². The molecule has 1 N–H and O–H groups in total. The number of hydrogen-bond acceptors (Lipinski definition) is 4. The third-order valence-corrected chi connectivity index (χ3v) is 4.14. The van der Waals surface area contributed by atoms with Crippen molar-refractivity contribution < 1.29 is 9.53 Å². The fourth-order valence-electron chi connectivity index (χ4n) is 2.66. The molecule has 1 aromatic heterocycles. The van der Waals surface area contributed by atoms with Gasteiger partial charge in [0.05, 0.1) is 12.1 Å². The molecule has 136 valence electrons. The molecule has 0 spiro atoms. The number of carbonyl (C=O) groups excluding carboxylic acids is 1. The van der Waals surface area contributed by atoms with E-state index in [4.69, 9.17) is 4.74 Å². The van der Waals surface area contributed by atoms with Crippen LogP contribution in [0.15, 0.2) is 48.5 Å². The zero-order chi connectivity index (χ0) is 18.2. The second-order valence-corrected chi connectivity index (χ2v) is 6.18. The Bertz CT molecular complexity index is 842. The van der Waals surface area contributed by atoms with Crippen molar-refractivity contribution >= 4 is 16.9 Å². The summed E-state index contributed by atoms with van der Waals surface area (Å²) in [7, 11) is 0. The minimum Gasteiger partial charge on any atom is -0.494 e. The fourth-order valence-corrected chi connectivity index (χ4v) is 2.66. The number of carbonyl (C=O) groups is 1. The lowest BCUT2D eigenvalue weighted by Crippen LogP contribution is -2.29. The van der Waals surface area contributed by atoms with Crippen LogP contribution in [-0.4, -0.2) is 34.1 Å². The summed E-state index contributed by atoms with van der Waals surface area (Å²) < 4.78 is 7.27. The zero-order valence-corrected chi connectivity index (χ0v) is 15.0. The second-order valence-electron chi connectivity index (χ2n) is 6.18. The molecule has 0 atom stereocenters. The quantitative estimate of drug-likeness (QED) is 0.601. The van der Waals surface area contributed by atoms with Crippen LogP contribution in [-0.2, 0) is 17.8 Å². The second kappa shape index (κ2) is 8.99. The number of fused-ring (bicyclic) bond motifs is 1. The van der Waals surface area contributed by atoms with Crippen LogP contribution in [0.1, 0.15) is 25.3 Å². The van der Waals surface area contributed by atoms with Gasteiger partial charge in [-0.05, 0) is 42.7 Å². The molecule has 3 aromatic rings. The average molecular weight is 352 g/mol. The highest BCUT2D eigenvalue weighted by molar-refractivity contribution is 5.79. The number of ether oxygens (including phenoxy) is 1. The molecule has 0 fully saturated rings. The van der Waals surface area contributed by atoms with Crippen molar-refractivity contribution in [3.05, 3.63) is 54.1 Å². The first-order valence-corrected chi connectivity index (χ1v) is 9.03. The number of nitrogens with zero attached hydrogens (tertiary/aromatic N) is 3. The maximum atomic E-state index is 12.1. The van der Waals surface area contributed by atoms with E-state index in [1.54, 1.807) is 4.68 Å². The van der Waals surface area contributed by atoms with E-state index >= 15 is 0 Å². The summed E-state index contributed by atoms with van der Waals surface area (Å²) in [5.74, 6) is 0.824. The van der Waals surface area contributed by atoms with Crippen LogP contribution in [0.4, 0.5) is 0 Å². The molecule has 26 heavy (non-hydrogen) atoms. The Hall–Kier alpha value is -2.89. The third kappa shape index (κ3) is 4.81. The maximum absolute atomic E-state index is 12.1. The fraction of sp³-hybridized carbons (Fsp3) is 0.350. The van der Waals surface area contributed by atoms with E-state index < -0.39 is 0 Å². The SMILES string of the molecule is CCCCOc1ccc(CCNC(=O)Cn2nnc3ccccc32)cc1. The van der Waals surface area contributed by atoms with Crippen LogP contribution in [0, 0.1) is 0 Å². The van der Waals surface area contributed by atoms with Crippen LogP contribution in [0.3, 0.4) is 0 Å². The summed E-state index contributed by atoms with van der Waals surface area (Å²) in [5.41, 5.74) is 2.82. The summed E-state index contributed by atoms with van der Waals surface area (Å²) in [6, 6.07) is 15.6. The Morgan fingerprint density at radius 1 is 1.15 bits per heavy atom. The number of unbranched alkanes of at least 4 members (excludes halogenated alkanes) is 1. The summed E-state index contributed by atoms with van der Waals surface area (Å²) in [6.07, 6.45) is 2.97. The molecule has 1 heterocycles. The predicted molar refractivity (Wildman–Crippen MR) is 101 cm³/mol. The predicted octanol–water partition coefficient (Wildman–Crippen LogP) is 2.97. The lowest BCUT2D eigenvalue weighted by Gasteiger charge is -2.08. The molecule has 0 unspecified atom stereocenters. The van der Waals surface area contributed by atoms with Gasteiger partial charge >= 0.3 is 0 Å². The summed E-state index contributed by atoms with van der Waals surface area (Å²) in [5, 5.41) is 11.0. The van der Waals surface area contributed by atoms with Crippen molar-refractivity contribution in [2.24, 2.45) is 0 Å². The molecule has 2 aromatic carbocycles. The summed E-state index contributed by atoms with van der Waals surface area (Å²) in [4.78, 5) is 12.1. The molecule has 0 bridgehead atoms. The van der Waals surface area contributed by atoms with Crippen molar-refractivity contribution in [1.29, 1.82) is 0 Å². The van der Waals surface area contributed by atoms with Gasteiger partial charge < -0.3 is 10.1 Å². The highest BCUT2D eigenvalue weighted by Gasteiger charge is 2.08. The van der Waals surface area contributed by atoms with Gasteiger partial charge in [-0.3, -0.25) is 4.79 Å². The van der Waals surface area contributed by atoms with E-state index in [9.17, 15) is 4.79 Å². The van der Waals surface area contributed by atoms with Crippen LogP contribution in [0.5, 0.6) is 5.75 Å². The lowest BCUT2D eigenvalue weighted by molar-refractivity contribution is -0.121. The molecule has 0 saturated carbocycles. The van der Waals surface area contributed by atoms with E-state index in [-0.39, 0.29) is 12.5 Å². The Labute approximate surface area is 153 Å².